The largest absolute Gasteiger partial charge is 2.00 e. The van der Waals surface area contributed by atoms with Crippen molar-refractivity contribution in [2.75, 3.05) is 26.5 Å². The van der Waals surface area contributed by atoms with E-state index in [1.54, 1.807) is 19.2 Å². The van der Waals surface area contributed by atoms with Crippen LogP contribution in [0.2, 0.25) is 5.02 Å². The Morgan fingerprint density at radius 1 is 0.608 bits per heavy atom. The summed E-state index contributed by atoms with van der Waals surface area (Å²) in [5.74, 6) is 0. The van der Waals surface area contributed by atoms with Gasteiger partial charge in [-0.2, -0.15) is 10.2 Å². The zero-order valence-corrected chi connectivity index (χ0v) is 33.3. The molecule has 5 aromatic rings. The maximum absolute atomic E-state index is 6.47. The molecule has 0 unspecified atom stereocenters. The van der Waals surface area contributed by atoms with Gasteiger partial charge in [-0.25, -0.2) is 0 Å². The SMILES string of the molecule is CNC([S-])=NN=C(C(=NN=C([S-])NCCOC[P+](c1ccccc1)(c1ccccc1)c1ccccc1)c1ccccc1)c1ccc(Cl)cc1.[Br-].[Cu+2]. The summed E-state index contributed by atoms with van der Waals surface area (Å²) < 4.78 is 6.47. The maximum atomic E-state index is 6.47. The Morgan fingerprint density at radius 2 is 1.02 bits per heavy atom. The van der Waals surface area contributed by atoms with Gasteiger partial charge in [0.2, 0.25) is 0 Å². The number of rotatable bonds is 13. The molecule has 265 valence electrons. The molecule has 0 bridgehead atoms. The molecule has 5 aromatic carbocycles. The molecule has 0 aliphatic rings. The first kappa shape index (κ1) is 41.9. The van der Waals surface area contributed by atoms with Gasteiger partial charge in [0.25, 0.3) is 0 Å². The zero-order chi connectivity index (χ0) is 34.3. The topological polar surface area (TPSA) is 82.7 Å². The molecule has 0 aliphatic carbocycles. The molecule has 0 aromatic heterocycles. The van der Waals surface area contributed by atoms with E-state index in [1.165, 1.54) is 15.9 Å². The molecule has 0 fully saturated rings. The summed E-state index contributed by atoms with van der Waals surface area (Å²) in [7, 11) is -0.423. The Hall–Kier alpha value is -3.50. The fourth-order valence-electron chi connectivity index (χ4n) is 5.11. The van der Waals surface area contributed by atoms with Gasteiger partial charge in [-0.15, -0.1) is 10.2 Å². The van der Waals surface area contributed by atoms with Gasteiger partial charge in [0.15, 0.2) is 6.35 Å². The van der Waals surface area contributed by atoms with Crippen LogP contribution in [-0.4, -0.2) is 48.3 Å². The quantitative estimate of drug-likeness (QED) is 0.0362. The second-order valence-corrected chi connectivity index (χ2v) is 15.2. The van der Waals surface area contributed by atoms with E-state index in [9.17, 15) is 0 Å². The van der Waals surface area contributed by atoms with Gasteiger partial charge in [0.05, 0.1) is 6.61 Å². The van der Waals surface area contributed by atoms with Crippen LogP contribution in [0, 0.1) is 0 Å². The first-order valence-electron chi connectivity index (χ1n) is 15.5. The second-order valence-electron chi connectivity index (χ2n) is 10.6. The predicted molar refractivity (Wildman–Crippen MR) is 214 cm³/mol. The number of nitrogens with one attached hydrogen (secondary N) is 2. The van der Waals surface area contributed by atoms with Crippen molar-refractivity contribution in [3.05, 3.63) is 162 Å². The normalized spacial score (nSPS) is 12.4. The van der Waals surface area contributed by atoms with E-state index >= 15 is 0 Å². The summed E-state index contributed by atoms with van der Waals surface area (Å²) >= 11 is 17.0. The summed E-state index contributed by atoms with van der Waals surface area (Å²) in [5.41, 5.74) is 2.44. The molecule has 0 heterocycles. The third kappa shape index (κ3) is 11.5. The molecule has 0 saturated heterocycles. The Balaban J connectivity index is 0.00000351. The van der Waals surface area contributed by atoms with Crippen LogP contribution in [0.25, 0.3) is 0 Å². The maximum Gasteiger partial charge on any atom is 2.00 e. The molecule has 0 aliphatic heterocycles. The van der Waals surface area contributed by atoms with Crippen molar-refractivity contribution in [1.82, 2.24) is 10.6 Å². The third-order valence-corrected chi connectivity index (χ3v) is 12.4. The van der Waals surface area contributed by atoms with E-state index in [0.717, 1.165) is 11.1 Å². The van der Waals surface area contributed by atoms with Crippen LogP contribution < -0.4 is 43.5 Å². The minimum atomic E-state index is -2.11. The standard InChI is InChI=1S/C38H36ClN6OPS2.BrH.Cu/c1-40-37(48)44-42-36(30-22-24-31(39)25-23-30)35(29-14-6-2-7-15-29)43-45-38(49)41-26-27-46-28-47(32-16-8-3-9-17-32,33-18-10-4-11-19-33)34-20-12-5-13-21-34;;/h2-25H,26-28H2,1H3,(H3-,40,41,42,43,44,45,48,49);1H;/q;;+2/p-2. The van der Waals surface area contributed by atoms with Crippen molar-refractivity contribution in [1.29, 1.82) is 0 Å². The van der Waals surface area contributed by atoms with Crippen molar-refractivity contribution < 1.29 is 38.8 Å². The van der Waals surface area contributed by atoms with Gasteiger partial charge >= 0.3 is 17.1 Å². The summed E-state index contributed by atoms with van der Waals surface area (Å²) in [5, 5.41) is 28.3. The second kappa shape index (κ2) is 21.8. The van der Waals surface area contributed by atoms with E-state index in [0.29, 0.717) is 35.9 Å². The monoisotopic (exact) mass is 863 g/mol. The molecule has 51 heavy (non-hydrogen) atoms. The van der Waals surface area contributed by atoms with Crippen LogP contribution in [0.1, 0.15) is 11.1 Å². The average molecular weight is 866 g/mol. The van der Waals surface area contributed by atoms with Crippen molar-refractivity contribution >= 4 is 81.8 Å². The summed E-state index contributed by atoms with van der Waals surface area (Å²) in [6.45, 7) is 0.859. The number of amidine groups is 2. The molecule has 0 spiro atoms. The Morgan fingerprint density at radius 3 is 1.47 bits per heavy atom. The first-order chi connectivity index (χ1) is 24.0. The van der Waals surface area contributed by atoms with E-state index in [4.69, 9.17) is 41.6 Å². The molecule has 2 N–H and O–H groups in total. The first-order valence-corrected chi connectivity index (χ1v) is 18.7. The zero-order valence-electron chi connectivity index (χ0n) is 27.5. The molecular formula is C38H35BrClCuN6OPS2. The Bertz CT molecular complexity index is 1810. The molecule has 0 atom stereocenters. The minimum Gasteiger partial charge on any atom is -1.00 e. The van der Waals surface area contributed by atoms with Gasteiger partial charge in [-0.05, 0) is 58.9 Å². The molecule has 0 amide bonds. The van der Waals surface area contributed by atoms with Crippen LogP contribution in [0.4, 0.5) is 0 Å². The van der Waals surface area contributed by atoms with Crippen molar-refractivity contribution in [2.24, 2.45) is 20.4 Å². The van der Waals surface area contributed by atoms with E-state index in [2.05, 4.69) is 104 Å². The van der Waals surface area contributed by atoms with Crippen LogP contribution in [0.5, 0.6) is 0 Å². The third-order valence-electron chi connectivity index (χ3n) is 7.48. The van der Waals surface area contributed by atoms with Crippen LogP contribution in [0.15, 0.2) is 166 Å². The van der Waals surface area contributed by atoms with Crippen LogP contribution in [0.3, 0.4) is 0 Å². The van der Waals surface area contributed by atoms with Gasteiger partial charge in [0.1, 0.15) is 34.6 Å². The number of benzene rings is 5. The summed E-state index contributed by atoms with van der Waals surface area (Å²) in [6.07, 6.45) is 0.534. The van der Waals surface area contributed by atoms with Crippen LogP contribution in [-0.2, 0) is 47.1 Å². The van der Waals surface area contributed by atoms with E-state index < -0.39 is 7.26 Å². The molecule has 7 nitrogen and oxygen atoms in total. The predicted octanol–water partition coefficient (Wildman–Crippen LogP) is 3.03. The number of halogens is 2. The van der Waals surface area contributed by atoms with Crippen molar-refractivity contribution in [3.8, 4) is 0 Å². The van der Waals surface area contributed by atoms with Gasteiger partial charge in [-0.3, -0.25) is 0 Å². The number of nitrogens with zero attached hydrogens (tertiary/aromatic N) is 4. The number of hydrogen-bond acceptors (Lipinski definition) is 7. The molecule has 13 heteroatoms. The van der Waals surface area contributed by atoms with Gasteiger partial charge < -0.3 is 57.6 Å². The fraction of sp³-hybridized carbons (Fsp3) is 0.105. The summed E-state index contributed by atoms with van der Waals surface area (Å²) in [6, 6.07) is 48.7. The molecule has 1 radical (unpaired) electrons. The molecule has 0 saturated carbocycles. The number of hydrogen-bond donors (Lipinski definition) is 2. The smallest absolute Gasteiger partial charge is 1.00 e. The van der Waals surface area contributed by atoms with Crippen LogP contribution >= 0.6 is 18.9 Å². The average Bonchev–Trinajstić information content (AvgIpc) is 3.16. The van der Waals surface area contributed by atoms with E-state index in [-0.39, 0.29) is 44.4 Å². The number of ether oxygens (including phenoxy) is 1. The minimum absolute atomic E-state index is 0. The molecular weight excluding hydrogens is 830 g/mol. The van der Waals surface area contributed by atoms with E-state index in [1.807, 2.05) is 60.7 Å². The molecule has 5 rings (SSSR count). The Labute approximate surface area is 337 Å². The van der Waals surface area contributed by atoms with Crippen molar-refractivity contribution in [3.63, 3.8) is 0 Å². The fourth-order valence-corrected chi connectivity index (χ4v) is 9.21. The Kier molecular flexibility index (Phi) is 17.9. The summed E-state index contributed by atoms with van der Waals surface area (Å²) in [4.78, 5) is 0. The van der Waals surface area contributed by atoms with Crippen molar-refractivity contribution in [2.45, 2.75) is 0 Å². The van der Waals surface area contributed by atoms with Gasteiger partial charge in [-0.1, -0.05) is 109 Å². The van der Waals surface area contributed by atoms with Gasteiger partial charge in [0, 0.05) is 29.7 Å².